The van der Waals surface area contributed by atoms with Crippen molar-refractivity contribution in [2.75, 3.05) is 39.3 Å². The maximum absolute atomic E-state index is 13.0. The number of piperazine rings is 1. The average Bonchev–Trinajstić information content (AvgIpc) is 2.92. The molecule has 2 heterocycles. The van der Waals surface area contributed by atoms with Gasteiger partial charge >= 0.3 is 0 Å². The fraction of sp³-hybridized carbons (Fsp3) is 0.375. The van der Waals surface area contributed by atoms with Crippen LogP contribution in [-0.4, -0.2) is 70.4 Å². The van der Waals surface area contributed by atoms with E-state index in [-0.39, 0.29) is 18.3 Å². The number of phenolic OH excluding ortho intramolecular Hbond substituents is 1. The second kappa shape index (κ2) is 7.33. The highest BCUT2D eigenvalue weighted by Crippen LogP contribution is 2.32. The lowest BCUT2D eigenvalue weighted by atomic mass is 10.2. The first-order valence-corrected chi connectivity index (χ1v) is 8.48. The molecule has 2 N–H and O–H groups in total. The number of aromatic hydroxyl groups is 1. The largest absolute Gasteiger partial charge is 0.507 e. The minimum atomic E-state index is -0.530. The first-order valence-electron chi connectivity index (χ1n) is 7.66. The molecule has 1 saturated heterocycles. The van der Waals surface area contributed by atoms with Gasteiger partial charge in [-0.1, -0.05) is 0 Å². The van der Waals surface area contributed by atoms with Gasteiger partial charge in [0.25, 0.3) is 5.91 Å². The minimum absolute atomic E-state index is 0.141. The third-order valence-electron chi connectivity index (χ3n) is 3.95. The van der Waals surface area contributed by atoms with Crippen molar-refractivity contribution < 1.29 is 19.4 Å². The average molecular weight is 351 g/mol. The Balaban J connectivity index is 1.67. The second-order valence-corrected chi connectivity index (χ2v) is 6.57. The zero-order valence-corrected chi connectivity index (χ0v) is 13.8. The number of thioether (sulfide) groups is 1. The van der Waals surface area contributed by atoms with Gasteiger partial charge in [0.2, 0.25) is 0 Å². The fourth-order valence-electron chi connectivity index (χ4n) is 2.62. The normalized spacial score (nSPS) is 20.8. The summed E-state index contributed by atoms with van der Waals surface area (Å²) in [5.41, 5.74) is 0.386. The van der Waals surface area contributed by atoms with Crippen molar-refractivity contribution in [2.24, 2.45) is 4.99 Å². The number of hydrogen-bond donors (Lipinski definition) is 2. The molecule has 0 bridgehead atoms. The number of β-amino-alcohol motifs (C(OH)–C–C–N with tert-alkyl or cyclic N) is 1. The van der Waals surface area contributed by atoms with Gasteiger partial charge in [-0.2, -0.15) is 4.99 Å². The van der Waals surface area contributed by atoms with Gasteiger partial charge in [-0.25, -0.2) is 4.39 Å². The van der Waals surface area contributed by atoms with Crippen LogP contribution in [0.4, 0.5) is 4.39 Å². The molecule has 0 saturated carbocycles. The van der Waals surface area contributed by atoms with Gasteiger partial charge in [-0.05, 0) is 30.0 Å². The molecule has 1 fully saturated rings. The molecule has 1 amide bonds. The van der Waals surface area contributed by atoms with Crippen LogP contribution >= 0.6 is 11.8 Å². The number of amides is 1. The summed E-state index contributed by atoms with van der Waals surface area (Å²) in [5, 5.41) is 19.4. The molecule has 2 aliphatic rings. The zero-order valence-electron chi connectivity index (χ0n) is 13.0. The fourth-order valence-corrected chi connectivity index (χ4v) is 3.57. The van der Waals surface area contributed by atoms with Crippen LogP contribution in [0.3, 0.4) is 0 Å². The zero-order chi connectivity index (χ0) is 17.1. The number of carbonyl (C=O) groups is 1. The van der Waals surface area contributed by atoms with E-state index in [1.54, 1.807) is 0 Å². The quantitative estimate of drug-likeness (QED) is 0.795. The molecule has 6 nitrogen and oxygen atoms in total. The van der Waals surface area contributed by atoms with Crippen molar-refractivity contribution in [3.63, 3.8) is 0 Å². The number of phenols is 1. The molecular formula is C16H18FN3O3S. The molecule has 1 aromatic carbocycles. The summed E-state index contributed by atoms with van der Waals surface area (Å²) in [4.78, 5) is 20.8. The third kappa shape index (κ3) is 3.77. The SMILES string of the molecule is O=C1N=C(N2CCN(CCO)CC2)SC1=Cc1ccc(F)cc1O. The van der Waals surface area contributed by atoms with E-state index in [1.807, 2.05) is 4.90 Å². The van der Waals surface area contributed by atoms with Gasteiger partial charge in [-0.15, -0.1) is 0 Å². The van der Waals surface area contributed by atoms with Crippen LogP contribution in [0.25, 0.3) is 6.08 Å². The molecule has 128 valence electrons. The summed E-state index contributed by atoms with van der Waals surface area (Å²) < 4.78 is 13.0. The Bertz CT molecular complexity index is 700. The van der Waals surface area contributed by atoms with Gasteiger partial charge in [-0.3, -0.25) is 9.69 Å². The lowest BCUT2D eigenvalue weighted by molar-refractivity contribution is -0.113. The summed E-state index contributed by atoms with van der Waals surface area (Å²) in [7, 11) is 0. The van der Waals surface area contributed by atoms with E-state index in [0.29, 0.717) is 22.2 Å². The summed E-state index contributed by atoms with van der Waals surface area (Å²) in [6.07, 6.45) is 1.53. The lowest BCUT2D eigenvalue weighted by Crippen LogP contribution is -2.48. The first kappa shape index (κ1) is 16.9. The number of carbonyl (C=O) groups excluding carboxylic acids is 1. The molecule has 0 aliphatic carbocycles. The maximum atomic E-state index is 13.0. The predicted octanol–water partition coefficient (Wildman–Crippen LogP) is 1.11. The number of aliphatic hydroxyl groups is 1. The number of nitrogens with zero attached hydrogens (tertiary/aromatic N) is 3. The van der Waals surface area contributed by atoms with Crippen molar-refractivity contribution in [1.29, 1.82) is 0 Å². The van der Waals surface area contributed by atoms with Crippen molar-refractivity contribution in [3.05, 3.63) is 34.5 Å². The highest BCUT2D eigenvalue weighted by molar-refractivity contribution is 8.18. The second-order valence-electron chi connectivity index (χ2n) is 5.57. The van der Waals surface area contributed by atoms with Crippen molar-refractivity contribution >= 4 is 28.9 Å². The van der Waals surface area contributed by atoms with E-state index in [1.165, 1.54) is 30.0 Å². The predicted molar refractivity (Wildman–Crippen MR) is 91.2 cm³/mol. The smallest absolute Gasteiger partial charge is 0.286 e. The Morgan fingerprint density at radius 2 is 2.04 bits per heavy atom. The topological polar surface area (TPSA) is 76.4 Å². The van der Waals surface area contributed by atoms with E-state index < -0.39 is 5.82 Å². The van der Waals surface area contributed by atoms with E-state index in [9.17, 15) is 14.3 Å². The number of aliphatic hydroxyl groups excluding tert-OH is 1. The Kier molecular flexibility index (Phi) is 5.17. The Hall–Kier alpha value is -1.90. The molecular weight excluding hydrogens is 333 g/mol. The molecule has 8 heteroatoms. The summed E-state index contributed by atoms with van der Waals surface area (Å²) in [6.45, 7) is 3.91. The van der Waals surface area contributed by atoms with Crippen LogP contribution < -0.4 is 0 Å². The van der Waals surface area contributed by atoms with Gasteiger partial charge < -0.3 is 15.1 Å². The molecule has 0 atom stereocenters. The van der Waals surface area contributed by atoms with Crippen LogP contribution in [0.1, 0.15) is 5.56 Å². The summed E-state index contributed by atoms with van der Waals surface area (Å²) in [6, 6.07) is 3.67. The monoisotopic (exact) mass is 351 g/mol. The van der Waals surface area contributed by atoms with E-state index in [0.717, 1.165) is 32.2 Å². The Labute approximate surface area is 143 Å². The highest BCUT2D eigenvalue weighted by atomic mass is 32.2. The number of hydrogen-bond acceptors (Lipinski definition) is 6. The van der Waals surface area contributed by atoms with Crippen molar-refractivity contribution in [1.82, 2.24) is 9.80 Å². The lowest BCUT2D eigenvalue weighted by Gasteiger charge is -2.34. The molecule has 24 heavy (non-hydrogen) atoms. The summed E-state index contributed by atoms with van der Waals surface area (Å²) >= 11 is 1.26. The number of amidine groups is 1. The van der Waals surface area contributed by atoms with Gasteiger partial charge in [0.15, 0.2) is 5.17 Å². The van der Waals surface area contributed by atoms with Crippen LogP contribution in [0.5, 0.6) is 5.75 Å². The Morgan fingerprint density at radius 3 is 2.71 bits per heavy atom. The standard InChI is InChI=1S/C16H18FN3O3S/c17-12-2-1-11(13(22)10-12)9-14-15(23)18-16(24-14)20-5-3-19(4-6-20)7-8-21/h1-2,9-10,21-22H,3-8H2. The number of halogens is 1. The maximum Gasteiger partial charge on any atom is 0.286 e. The first-order chi connectivity index (χ1) is 11.6. The molecule has 0 radical (unpaired) electrons. The molecule has 0 aromatic heterocycles. The third-order valence-corrected chi connectivity index (χ3v) is 4.99. The highest BCUT2D eigenvalue weighted by Gasteiger charge is 2.28. The number of benzene rings is 1. The molecule has 0 unspecified atom stereocenters. The van der Waals surface area contributed by atoms with E-state index in [4.69, 9.17) is 5.11 Å². The van der Waals surface area contributed by atoms with Gasteiger partial charge in [0, 0.05) is 44.4 Å². The molecule has 1 aromatic rings. The van der Waals surface area contributed by atoms with Crippen LogP contribution in [-0.2, 0) is 4.79 Å². The molecule has 0 spiro atoms. The molecule has 2 aliphatic heterocycles. The van der Waals surface area contributed by atoms with Crippen LogP contribution in [0.2, 0.25) is 0 Å². The minimum Gasteiger partial charge on any atom is -0.507 e. The molecule has 3 rings (SSSR count). The number of aliphatic imine (C=N–C) groups is 1. The summed E-state index contributed by atoms with van der Waals surface area (Å²) in [5.74, 6) is -1.09. The van der Waals surface area contributed by atoms with Crippen molar-refractivity contribution in [2.45, 2.75) is 0 Å². The van der Waals surface area contributed by atoms with Gasteiger partial charge in [0.1, 0.15) is 11.6 Å². The van der Waals surface area contributed by atoms with Gasteiger partial charge in [0.05, 0.1) is 11.5 Å². The van der Waals surface area contributed by atoms with Crippen molar-refractivity contribution in [3.8, 4) is 5.75 Å². The van der Waals surface area contributed by atoms with Crippen LogP contribution in [0.15, 0.2) is 28.1 Å². The van der Waals surface area contributed by atoms with E-state index in [2.05, 4.69) is 9.89 Å². The number of rotatable bonds is 3. The Morgan fingerprint density at radius 1 is 1.29 bits per heavy atom. The van der Waals surface area contributed by atoms with E-state index >= 15 is 0 Å². The van der Waals surface area contributed by atoms with Crippen LogP contribution in [0, 0.1) is 5.82 Å².